The number of carboxylic acids is 1. The van der Waals surface area contributed by atoms with Crippen LogP contribution in [0.1, 0.15) is 49.8 Å². The molecule has 0 aliphatic heterocycles. The highest BCUT2D eigenvalue weighted by Gasteiger charge is 2.26. The molecule has 2 heterocycles. The number of nitrogens with zero attached hydrogens (tertiary/aromatic N) is 4. The van der Waals surface area contributed by atoms with E-state index in [4.69, 9.17) is 0 Å². The third-order valence-electron chi connectivity index (χ3n) is 4.78. The number of hydrogen-bond acceptors (Lipinski definition) is 5. The van der Waals surface area contributed by atoms with Gasteiger partial charge in [0.2, 0.25) is 0 Å². The largest absolute Gasteiger partial charge is 0.480 e. The number of benzene rings is 1. The monoisotopic (exact) mass is 395 g/mol. The lowest BCUT2D eigenvalue weighted by molar-refractivity contribution is -0.139. The summed E-state index contributed by atoms with van der Waals surface area (Å²) in [4.78, 5) is 28.4. The van der Waals surface area contributed by atoms with Crippen molar-refractivity contribution < 1.29 is 14.7 Å². The van der Waals surface area contributed by atoms with Crippen LogP contribution in [0, 0.1) is 12.3 Å². The molecule has 0 aliphatic rings. The first-order valence-electron chi connectivity index (χ1n) is 9.46. The molecule has 3 rings (SSSR count). The van der Waals surface area contributed by atoms with E-state index in [1.54, 1.807) is 24.0 Å². The number of aromatic nitrogens is 4. The average molecular weight is 395 g/mol. The third kappa shape index (κ3) is 4.59. The molecule has 0 saturated heterocycles. The topological polar surface area (TPSA) is 110 Å². The number of aliphatic carboxylic acids is 1. The van der Waals surface area contributed by atoms with Crippen molar-refractivity contribution >= 4 is 22.6 Å². The van der Waals surface area contributed by atoms with Crippen LogP contribution in [0.5, 0.6) is 0 Å². The summed E-state index contributed by atoms with van der Waals surface area (Å²) in [5, 5.41) is 22.1. The fourth-order valence-electron chi connectivity index (χ4n) is 3.12. The molecular formula is C21H25N5O3. The Labute approximate surface area is 169 Å². The molecule has 29 heavy (non-hydrogen) atoms. The smallest absolute Gasteiger partial charge is 0.326 e. The van der Waals surface area contributed by atoms with Gasteiger partial charge in [0.15, 0.2) is 5.69 Å². The molecule has 0 radical (unpaired) electrons. The minimum absolute atomic E-state index is 0.0271. The van der Waals surface area contributed by atoms with E-state index in [9.17, 15) is 14.7 Å². The van der Waals surface area contributed by atoms with Crippen LogP contribution in [0.3, 0.4) is 0 Å². The summed E-state index contributed by atoms with van der Waals surface area (Å²) < 4.78 is 1.59. The van der Waals surface area contributed by atoms with Crippen molar-refractivity contribution in [3.8, 4) is 5.69 Å². The number of carbonyl (C=O) groups excluding carboxylic acids is 1. The lowest BCUT2D eigenvalue weighted by Gasteiger charge is -2.21. The van der Waals surface area contributed by atoms with Crippen LogP contribution in [-0.4, -0.2) is 43.0 Å². The van der Waals surface area contributed by atoms with Crippen LogP contribution in [0.25, 0.3) is 16.5 Å². The molecule has 1 amide bonds. The molecular weight excluding hydrogens is 370 g/mol. The minimum atomic E-state index is -1.06. The van der Waals surface area contributed by atoms with Crippen molar-refractivity contribution in [3.05, 3.63) is 48.0 Å². The highest BCUT2D eigenvalue weighted by atomic mass is 16.4. The number of pyridine rings is 1. The molecule has 2 N–H and O–H groups in total. The molecule has 1 atom stereocenters. The molecule has 1 aromatic carbocycles. The lowest BCUT2D eigenvalue weighted by atomic mass is 9.88. The molecule has 0 fully saturated rings. The molecule has 8 nitrogen and oxygen atoms in total. The number of fused-ring (bicyclic) bond motifs is 1. The summed E-state index contributed by atoms with van der Waals surface area (Å²) in [6, 6.07) is 6.61. The van der Waals surface area contributed by atoms with Crippen LogP contribution in [-0.2, 0) is 4.79 Å². The van der Waals surface area contributed by atoms with E-state index in [1.165, 1.54) is 0 Å². The highest BCUT2D eigenvalue weighted by molar-refractivity contribution is 5.96. The Morgan fingerprint density at radius 3 is 2.69 bits per heavy atom. The van der Waals surface area contributed by atoms with Crippen LogP contribution in [0.4, 0.5) is 0 Å². The summed E-state index contributed by atoms with van der Waals surface area (Å²) in [7, 11) is 0. The molecule has 8 heteroatoms. The summed E-state index contributed by atoms with van der Waals surface area (Å²) in [6.07, 6.45) is 4.46. The second-order valence-corrected chi connectivity index (χ2v) is 8.27. The van der Waals surface area contributed by atoms with Crippen LogP contribution < -0.4 is 5.32 Å². The predicted octanol–water partition coefficient (Wildman–Crippen LogP) is 3.13. The van der Waals surface area contributed by atoms with Crippen molar-refractivity contribution in [1.29, 1.82) is 0 Å². The van der Waals surface area contributed by atoms with E-state index in [-0.39, 0.29) is 11.1 Å². The van der Waals surface area contributed by atoms with E-state index < -0.39 is 17.9 Å². The second kappa shape index (κ2) is 7.98. The first kappa shape index (κ1) is 20.4. The SMILES string of the molecule is Cc1c(C(=O)NC(CCC(C)(C)C)C(=O)O)nnn1-c1cccc2cnccc12. The summed E-state index contributed by atoms with van der Waals surface area (Å²) in [5.74, 6) is -1.61. The number of amides is 1. The maximum atomic E-state index is 12.7. The zero-order valence-electron chi connectivity index (χ0n) is 17.0. The maximum Gasteiger partial charge on any atom is 0.326 e. The van der Waals surface area contributed by atoms with Crippen molar-refractivity contribution in [2.45, 2.75) is 46.6 Å². The van der Waals surface area contributed by atoms with Crippen molar-refractivity contribution in [2.75, 3.05) is 0 Å². The van der Waals surface area contributed by atoms with Gasteiger partial charge in [-0.25, -0.2) is 9.48 Å². The van der Waals surface area contributed by atoms with E-state index in [0.29, 0.717) is 18.5 Å². The minimum Gasteiger partial charge on any atom is -0.480 e. The van der Waals surface area contributed by atoms with Gasteiger partial charge in [0.1, 0.15) is 6.04 Å². The normalized spacial score (nSPS) is 12.7. The Morgan fingerprint density at radius 2 is 2.00 bits per heavy atom. The van der Waals surface area contributed by atoms with Gasteiger partial charge in [-0.05, 0) is 37.3 Å². The Morgan fingerprint density at radius 1 is 1.24 bits per heavy atom. The average Bonchev–Trinajstić information content (AvgIpc) is 3.04. The third-order valence-corrected chi connectivity index (χ3v) is 4.78. The second-order valence-electron chi connectivity index (χ2n) is 8.27. The number of hydrogen-bond donors (Lipinski definition) is 2. The quantitative estimate of drug-likeness (QED) is 0.663. The van der Waals surface area contributed by atoms with Gasteiger partial charge < -0.3 is 10.4 Å². The van der Waals surface area contributed by atoms with Gasteiger partial charge >= 0.3 is 5.97 Å². The Kier molecular flexibility index (Phi) is 5.63. The molecule has 1 unspecified atom stereocenters. The van der Waals surface area contributed by atoms with Crippen molar-refractivity contribution in [2.24, 2.45) is 5.41 Å². The summed E-state index contributed by atoms with van der Waals surface area (Å²) >= 11 is 0. The van der Waals surface area contributed by atoms with Crippen LogP contribution >= 0.6 is 0 Å². The number of rotatable bonds is 6. The van der Waals surface area contributed by atoms with Gasteiger partial charge in [-0.2, -0.15) is 0 Å². The van der Waals surface area contributed by atoms with Crippen LogP contribution in [0.2, 0.25) is 0 Å². The summed E-state index contributed by atoms with van der Waals surface area (Å²) in [5.41, 5.74) is 1.39. The van der Waals surface area contributed by atoms with Gasteiger partial charge in [0.05, 0.1) is 11.4 Å². The zero-order valence-corrected chi connectivity index (χ0v) is 17.0. The Hall–Kier alpha value is -3.29. The summed E-state index contributed by atoms with van der Waals surface area (Å²) in [6.45, 7) is 7.83. The predicted molar refractivity (Wildman–Crippen MR) is 109 cm³/mol. The molecule has 3 aromatic rings. The van der Waals surface area contributed by atoms with Crippen molar-refractivity contribution in [1.82, 2.24) is 25.3 Å². The zero-order chi connectivity index (χ0) is 21.2. The van der Waals surface area contributed by atoms with E-state index >= 15 is 0 Å². The van der Waals surface area contributed by atoms with Crippen molar-refractivity contribution in [3.63, 3.8) is 0 Å². The fraction of sp³-hybridized carbons (Fsp3) is 0.381. The number of carbonyl (C=O) groups is 2. The molecule has 0 bridgehead atoms. The molecule has 2 aromatic heterocycles. The van der Waals surface area contributed by atoms with Gasteiger partial charge in [-0.15, -0.1) is 5.10 Å². The lowest BCUT2D eigenvalue weighted by Crippen LogP contribution is -2.41. The van der Waals surface area contributed by atoms with E-state index in [2.05, 4.69) is 20.6 Å². The molecule has 0 spiro atoms. The first-order chi connectivity index (χ1) is 13.7. The molecule has 0 aliphatic carbocycles. The van der Waals surface area contributed by atoms with E-state index in [0.717, 1.165) is 16.5 Å². The van der Waals surface area contributed by atoms with Gasteiger partial charge in [-0.3, -0.25) is 9.78 Å². The molecule has 0 saturated carbocycles. The number of carboxylic acid groups (broad SMARTS) is 1. The molecule has 152 valence electrons. The highest BCUT2D eigenvalue weighted by Crippen LogP contribution is 2.23. The standard InChI is InChI=1S/C21H25N5O3/c1-13-18(19(27)23-16(20(28)29)8-10-21(2,3)4)24-25-26(13)17-7-5-6-14-12-22-11-9-15(14)17/h5-7,9,11-12,16H,8,10H2,1-4H3,(H,23,27)(H,28,29). The Bertz CT molecular complexity index is 1050. The van der Waals surface area contributed by atoms with E-state index in [1.807, 2.05) is 45.0 Å². The fourth-order valence-corrected chi connectivity index (χ4v) is 3.12. The maximum absolute atomic E-state index is 12.7. The van der Waals surface area contributed by atoms with Crippen LogP contribution in [0.15, 0.2) is 36.7 Å². The van der Waals surface area contributed by atoms with Gasteiger partial charge in [0, 0.05) is 23.2 Å². The first-order valence-corrected chi connectivity index (χ1v) is 9.46. The van der Waals surface area contributed by atoms with Gasteiger partial charge in [-0.1, -0.05) is 38.1 Å². The Balaban J connectivity index is 1.86. The van der Waals surface area contributed by atoms with Gasteiger partial charge in [0.25, 0.3) is 5.91 Å². The number of nitrogens with one attached hydrogen (secondary N) is 1.